The lowest BCUT2D eigenvalue weighted by Crippen LogP contribution is -2.25. The van der Waals surface area contributed by atoms with Crippen LogP contribution in [0.25, 0.3) is 5.65 Å². The molecular formula is C13H15N3O3S. The lowest BCUT2D eigenvalue weighted by Gasteiger charge is -2.20. The predicted molar refractivity (Wildman–Crippen MR) is 73.5 cm³/mol. The molecule has 20 heavy (non-hydrogen) atoms. The SMILES string of the molecule is O=Cc1ccn2c(CC3CCS(=O)(=O)CC3)nnc2c1. The van der Waals surface area contributed by atoms with Crippen molar-refractivity contribution in [2.45, 2.75) is 19.3 Å². The molecule has 2 aromatic rings. The molecule has 7 heteroatoms. The second-order valence-electron chi connectivity index (χ2n) is 5.22. The molecule has 0 radical (unpaired) electrons. The number of carbonyl (C=O) groups excluding carboxylic acids is 1. The largest absolute Gasteiger partial charge is 0.298 e. The molecular weight excluding hydrogens is 278 g/mol. The van der Waals surface area contributed by atoms with Crippen LogP contribution in [0.5, 0.6) is 0 Å². The van der Waals surface area contributed by atoms with Gasteiger partial charge in [0.25, 0.3) is 0 Å². The van der Waals surface area contributed by atoms with Gasteiger partial charge in [-0.25, -0.2) is 8.42 Å². The fraction of sp³-hybridized carbons (Fsp3) is 0.462. The Labute approximate surface area is 116 Å². The van der Waals surface area contributed by atoms with Gasteiger partial charge in [-0.2, -0.15) is 0 Å². The smallest absolute Gasteiger partial charge is 0.161 e. The number of hydrogen-bond acceptors (Lipinski definition) is 5. The summed E-state index contributed by atoms with van der Waals surface area (Å²) in [5.74, 6) is 1.69. The molecule has 1 fully saturated rings. The Morgan fingerprint density at radius 3 is 2.75 bits per heavy atom. The molecule has 0 aliphatic carbocycles. The van der Waals surface area contributed by atoms with Crippen LogP contribution in [0.15, 0.2) is 18.3 Å². The first-order valence-electron chi connectivity index (χ1n) is 6.57. The fourth-order valence-electron chi connectivity index (χ4n) is 2.57. The Bertz CT molecular complexity index is 737. The van der Waals surface area contributed by atoms with Gasteiger partial charge < -0.3 is 0 Å². The Balaban J connectivity index is 1.80. The quantitative estimate of drug-likeness (QED) is 0.786. The van der Waals surface area contributed by atoms with Crippen LogP contribution in [0.4, 0.5) is 0 Å². The zero-order chi connectivity index (χ0) is 14.2. The molecule has 1 aliphatic rings. The summed E-state index contributed by atoms with van der Waals surface area (Å²) >= 11 is 0. The summed E-state index contributed by atoms with van der Waals surface area (Å²) in [6.07, 6.45) is 4.65. The van der Waals surface area contributed by atoms with Crippen LogP contribution in [0.3, 0.4) is 0 Å². The number of fused-ring (bicyclic) bond motifs is 1. The van der Waals surface area contributed by atoms with Crippen molar-refractivity contribution in [2.24, 2.45) is 5.92 Å². The first-order valence-corrected chi connectivity index (χ1v) is 8.39. The van der Waals surface area contributed by atoms with Gasteiger partial charge in [0.15, 0.2) is 5.65 Å². The number of aromatic nitrogens is 3. The number of aldehydes is 1. The molecule has 0 bridgehead atoms. The van der Waals surface area contributed by atoms with Crippen LogP contribution in [0.1, 0.15) is 29.0 Å². The summed E-state index contributed by atoms with van der Waals surface area (Å²) < 4.78 is 24.7. The third-order valence-corrected chi connectivity index (χ3v) is 5.50. The van der Waals surface area contributed by atoms with Gasteiger partial charge in [-0.05, 0) is 30.9 Å². The molecule has 1 aliphatic heterocycles. The third kappa shape index (κ3) is 2.58. The zero-order valence-electron chi connectivity index (χ0n) is 10.9. The number of pyridine rings is 1. The van der Waals surface area contributed by atoms with E-state index in [1.807, 2.05) is 4.40 Å². The topological polar surface area (TPSA) is 81.4 Å². The van der Waals surface area contributed by atoms with E-state index >= 15 is 0 Å². The summed E-state index contributed by atoms with van der Waals surface area (Å²) in [6.45, 7) is 0. The lowest BCUT2D eigenvalue weighted by molar-refractivity contribution is 0.112. The minimum Gasteiger partial charge on any atom is -0.298 e. The van der Waals surface area contributed by atoms with Crippen LogP contribution < -0.4 is 0 Å². The van der Waals surface area contributed by atoms with Crippen molar-refractivity contribution in [3.63, 3.8) is 0 Å². The zero-order valence-corrected chi connectivity index (χ0v) is 11.7. The standard InChI is InChI=1S/C13H15N3O3S/c17-9-11-1-4-16-12(14-15-13(16)8-11)7-10-2-5-20(18,19)6-3-10/h1,4,8-10H,2-3,5-7H2. The summed E-state index contributed by atoms with van der Waals surface area (Å²) in [7, 11) is -2.83. The van der Waals surface area contributed by atoms with Crippen molar-refractivity contribution in [3.8, 4) is 0 Å². The highest BCUT2D eigenvalue weighted by molar-refractivity contribution is 7.91. The molecule has 6 nitrogen and oxygen atoms in total. The minimum atomic E-state index is -2.83. The van der Waals surface area contributed by atoms with Gasteiger partial charge >= 0.3 is 0 Å². The van der Waals surface area contributed by atoms with Gasteiger partial charge in [-0.3, -0.25) is 9.20 Å². The Kier molecular flexibility index (Phi) is 3.29. The van der Waals surface area contributed by atoms with Gasteiger partial charge in [0, 0.05) is 18.2 Å². The van der Waals surface area contributed by atoms with E-state index in [0.29, 0.717) is 30.0 Å². The second-order valence-corrected chi connectivity index (χ2v) is 7.53. The van der Waals surface area contributed by atoms with E-state index < -0.39 is 9.84 Å². The van der Waals surface area contributed by atoms with Gasteiger partial charge in [-0.15, -0.1) is 10.2 Å². The molecule has 0 atom stereocenters. The second kappa shape index (κ2) is 4.97. The molecule has 1 saturated heterocycles. The Hall–Kier alpha value is -1.76. The first-order chi connectivity index (χ1) is 9.57. The van der Waals surface area contributed by atoms with Crippen LogP contribution in [0.2, 0.25) is 0 Å². The summed E-state index contributed by atoms with van der Waals surface area (Å²) in [5, 5.41) is 8.21. The van der Waals surface area contributed by atoms with E-state index in [9.17, 15) is 13.2 Å². The van der Waals surface area contributed by atoms with Gasteiger partial charge in [0.05, 0.1) is 11.5 Å². The normalized spacial score (nSPS) is 19.2. The minimum absolute atomic E-state index is 0.268. The Morgan fingerprint density at radius 2 is 2.05 bits per heavy atom. The van der Waals surface area contributed by atoms with E-state index in [-0.39, 0.29) is 11.5 Å². The van der Waals surface area contributed by atoms with Crippen LogP contribution >= 0.6 is 0 Å². The molecule has 0 amide bonds. The highest BCUT2D eigenvalue weighted by atomic mass is 32.2. The maximum Gasteiger partial charge on any atom is 0.161 e. The first kappa shape index (κ1) is 13.2. The van der Waals surface area contributed by atoms with Crippen molar-refractivity contribution in [2.75, 3.05) is 11.5 Å². The average Bonchev–Trinajstić information content (AvgIpc) is 2.83. The number of carbonyl (C=O) groups is 1. The third-order valence-electron chi connectivity index (χ3n) is 3.79. The van der Waals surface area contributed by atoms with E-state index in [4.69, 9.17) is 0 Å². The predicted octanol–water partition coefficient (Wildman–Crippen LogP) is 0.909. The highest BCUT2D eigenvalue weighted by Crippen LogP contribution is 2.22. The summed E-state index contributed by atoms with van der Waals surface area (Å²) in [6, 6.07) is 3.41. The van der Waals surface area contributed by atoms with Crippen LogP contribution in [-0.2, 0) is 16.3 Å². The number of nitrogens with zero attached hydrogens (tertiary/aromatic N) is 3. The van der Waals surface area contributed by atoms with Crippen molar-refractivity contribution in [1.29, 1.82) is 0 Å². The molecule has 3 heterocycles. The fourth-order valence-corrected chi connectivity index (χ4v) is 4.16. The van der Waals surface area contributed by atoms with E-state index in [1.165, 1.54) is 0 Å². The maximum atomic E-state index is 11.4. The van der Waals surface area contributed by atoms with Crippen molar-refractivity contribution < 1.29 is 13.2 Å². The number of rotatable bonds is 3. The van der Waals surface area contributed by atoms with E-state index in [0.717, 1.165) is 18.5 Å². The van der Waals surface area contributed by atoms with Crippen LogP contribution in [0, 0.1) is 5.92 Å². The summed E-state index contributed by atoms with van der Waals surface area (Å²) in [5.41, 5.74) is 1.22. The Morgan fingerprint density at radius 1 is 1.30 bits per heavy atom. The van der Waals surface area contributed by atoms with Gasteiger partial charge in [0.1, 0.15) is 21.9 Å². The van der Waals surface area contributed by atoms with Crippen LogP contribution in [-0.4, -0.2) is 40.8 Å². The average molecular weight is 293 g/mol. The molecule has 2 aromatic heterocycles. The molecule has 106 valence electrons. The van der Waals surface area contributed by atoms with E-state index in [1.54, 1.807) is 18.3 Å². The van der Waals surface area contributed by atoms with Gasteiger partial charge in [-0.1, -0.05) is 0 Å². The molecule has 0 N–H and O–H groups in total. The van der Waals surface area contributed by atoms with Gasteiger partial charge in [0.2, 0.25) is 0 Å². The summed E-state index contributed by atoms with van der Waals surface area (Å²) in [4.78, 5) is 10.7. The monoisotopic (exact) mass is 293 g/mol. The van der Waals surface area contributed by atoms with Crippen molar-refractivity contribution >= 4 is 21.8 Å². The van der Waals surface area contributed by atoms with Crippen molar-refractivity contribution in [1.82, 2.24) is 14.6 Å². The molecule has 3 rings (SSSR count). The van der Waals surface area contributed by atoms with E-state index in [2.05, 4.69) is 10.2 Å². The molecule has 0 spiro atoms. The lowest BCUT2D eigenvalue weighted by atomic mass is 9.98. The number of sulfone groups is 1. The molecule has 0 aromatic carbocycles. The van der Waals surface area contributed by atoms with Crippen molar-refractivity contribution in [3.05, 3.63) is 29.7 Å². The number of hydrogen-bond donors (Lipinski definition) is 0. The maximum absolute atomic E-state index is 11.4. The molecule has 0 unspecified atom stereocenters. The molecule has 0 saturated carbocycles. The highest BCUT2D eigenvalue weighted by Gasteiger charge is 2.25.